The first kappa shape index (κ1) is 39.0. The van der Waals surface area contributed by atoms with E-state index in [0.717, 1.165) is 60.1 Å². The van der Waals surface area contributed by atoms with Crippen molar-refractivity contribution in [3.8, 4) is 11.5 Å². The first-order chi connectivity index (χ1) is 23.8. The highest BCUT2D eigenvalue weighted by Gasteiger charge is 1.99. The summed E-state index contributed by atoms with van der Waals surface area (Å²) in [7, 11) is 0. The molecule has 0 fully saturated rings. The molecule has 0 atom stereocenters. The topological polar surface area (TPSA) is 43.2 Å². The van der Waals surface area contributed by atoms with E-state index in [9.17, 15) is 0 Å². The van der Waals surface area contributed by atoms with Crippen molar-refractivity contribution in [2.24, 2.45) is 9.98 Å². The second kappa shape index (κ2) is 26.5. The van der Waals surface area contributed by atoms with Gasteiger partial charge in [0.05, 0.1) is 24.6 Å². The summed E-state index contributed by atoms with van der Waals surface area (Å²) in [4.78, 5) is 9.27. The van der Waals surface area contributed by atoms with E-state index in [-0.39, 0.29) is 0 Å². The number of benzene rings is 3. The van der Waals surface area contributed by atoms with E-state index >= 15 is 0 Å². The highest BCUT2D eigenvalue weighted by atomic mass is 16.5. The SMILES string of the molecule is CCCCCCCCCCCCOc1ccc(C=Nc2ccc(N=Cc3ccc(OCCCCCCCCCCCC)cc3)cc2)cc1. The third-order valence-electron chi connectivity index (χ3n) is 8.87. The first-order valence-electron chi connectivity index (χ1n) is 19.4. The molecule has 0 amide bonds. The first-order valence-corrected chi connectivity index (χ1v) is 19.4. The maximum atomic E-state index is 5.95. The van der Waals surface area contributed by atoms with Crippen LogP contribution in [-0.2, 0) is 0 Å². The molecule has 3 aromatic rings. The molecule has 0 unspecified atom stereocenters. The molecule has 0 aliphatic heterocycles. The van der Waals surface area contributed by atoms with Crippen molar-refractivity contribution < 1.29 is 9.47 Å². The van der Waals surface area contributed by atoms with Gasteiger partial charge in [0.15, 0.2) is 0 Å². The van der Waals surface area contributed by atoms with E-state index in [1.165, 1.54) is 116 Å². The molecular formula is C44H64N2O2. The number of hydrogen-bond donors (Lipinski definition) is 0. The Hall–Kier alpha value is -3.40. The number of aliphatic imine (C=N–C) groups is 2. The minimum absolute atomic E-state index is 0.790. The van der Waals surface area contributed by atoms with Crippen molar-refractivity contribution in [1.29, 1.82) is 0 Å². The van der Waals surface area contributed by atoms with Crippen LogP contribution in [0.5, 0.6) is 11.5 Å². The van der Waals surface area contributed by atoms with Crippen molar-refractivity contribution in [3.05, 3.63) is 83.9 Å². The summed E-state index contributed by atoms with van der Waals surface area (Å²) in [5, 5.41) is 0. The predicted octanol–water partition coefficient (Wildman–Crippen LogP) is 13.8. The van der Waals surface area contributed by atoms with Gasteiger partial charge in [0.2, 0.25) is 0 Å². The Morgan fingerprint density at radius 2 is 0.667 bits per heavy atom. The van der Waals surface area contributed by atoms with E-state index in [1.54, 1.807) is 0 Å². The number of ether oxygens (including phenoxy) is 2. The predicted molar refractivity (Wildman–Crippen MR) is 209 cm³/mol. The van der Waals surface area contributed by atoms with Crippen molar-refractivity contribution >= 4 is 23.8 Å². The second-order valence-corrected chi connectivity index (χ2v) is 13.2. The van der Waals surface area contributed by atoms with Gasteiger partial charge in [0.1, 0.15) is 11.5 Å². The Kier molecular flexibility index (Phi) is 21.6. The largest absolute Gasteiger partial charge is 0.494 e. The number of unbranched alkanes of at least 4 members (excludes halogenated alkanes) is 18. The summed E-state index contributed by atoms with van der Waals surface area (Å²) in [5.74, 6) is 1.86. The second-order valence-electron chi connectivity index (χ2n) is 13.2. The van der Waals surface area contributed by atoms with Crippen molar-refractivity contribution in [2.75, 3.05) is 13.2 Å². The van der Waals surface area contributed by atoms with Crippen LogP contribution in [0.25, 0.3) is 0 Å². The standard InChI is InChI=1S/C44H64N2O2/c1-3-5-7-9-11-13-15-17-19-21-35-47-43-31-23-39(24-32-43)37-45-41-27-29-42(30-28-41)46-38-40-25-33-44(34-26-40)48-36-22-20-18-16-14-12-10-8-6-4-2/h23-34,37-38H,3-22,35-36H2,1-2H3. The van der Waals surface area contributed by atoms with Crippen LogP contribution in [0.3, 0.4) is 0 Å². The molecule has 4 nitrogen and oxygen atoms in total. The summed E-state index contributed by atoms with van der Waals surface area (Å²) in [5.41, 5.74) is 3.91. The molecule has 48 heavy (non-hydrogen) atoms. The summed E-state index contributed by atoms with van der Waals surface area (Å²) >= 11 is 0. The van der Waals surface area contributed by atoms with Gasteiger partial charge in [-0.2, -0.15) is 0 Å². The minimum atomic E-state index is 0.790. The lowest BCUT2D eigenvalue weighted by atomic mass is 10.1. The van der Waals surface area contributed by atoms with Gasteiger partial charge in [0, 0.05) is 12.4 Å². The Labute approximate surface area is 293 Å². The monoisotopic (exact) mass is 652 g/mol. The van der Waals surface area contributed by atoms with Gasteiger partial charge < -0.3 is 9.47 Å². The van der Waals surface area contributed by atoms with Gasteiger partial charge in [-0.1, -0.05) is 129 Å². The summed E-state index contributed by atoms with van der Waals surface area (Å²) in [6.07, 6.45) is 30.6. The third kappa shape index (κ3) is 18.8. The summed E-state index contributed by atoms with van der Waals surface area (Å²) in [6.45, 7) is 6.13. The number of nitrogens with zero attached hydrogens (tertiary/aromatic N) is 2. The van der Waals surface area contributed by atoms with E-state index < -0.39 is 0 Å². The van der Waals surface area contributed by atoms with Gasteiger partial charge in [-0.3, -0.25) is 9.98 Å². The van der Waals surface area contributed by atoms with Crippen LogP contribution in [0, 0.1) is 0 Å². The molecule has 3 rings (SSSR count). The molecule has 0 spiro atoms. The van der Waals surface area contributed by atoms with Crippen molar-refractivity contribution in [3.63, 3.8) is 0 Å². The molecule has 262 valence electrons. The molecule has 0 N–H and O–H groups in total. The fourth-order valence-electron chi connectivity index (χ4n) is 5.78. The van der Waals surface area contributed by atoms with Crippen LogP contribution >= 0.6 is 0 Å². The van der Waals surface area contributed by atoms with Crippen molar-refractivity contribution in [1.82, 2.24) is 0 Å². The third-order valence-corrected chi connectivity index (χ3v) is 8.87. The zero-order valence-corrected chi connectivity index (χ0v) is 30.4. The lowest BCUT2D eigenvalue weighted by molar-refractivity contribution is 0.304. The smallest absolute Gasteiger partial charge is 0.119 e. The molecule has 0 bridgehead atoms. The number of hydrogen-bond acceptors (Lipinski definition) is 4. The van der Waals surface area contributed by atoms with Gasteiger partial charge in [0.25, 0.3) is 0 Å². The quantitative estimate of drug-likeness (QED) is 0.0578. The van der Waals surface area contributed by atoms with E-state index in [4.69, 9.17) is 9.47 Å². The summed E-state index contributed by atoms with van der Waals surface area (Å²) < 4.78 is 11.9. The molecule has 0 aromatic heterocycles. The van der Waals surface area contributed by atoms with Crippen LogP contribution in [-0.4, -0.2) is 25.6 Å². The molecular weight excluding hydrogens is 588 g/mol. The van der Waals surface area contributed by atoms with Gasteiger partial charge >= 0.3 is 0 Å². The van der Waals surface area contributed by atoms with Crippen LogP contribution < -0.4 is 9.47 Å². The van der Waals surface area contributed by atoms with Gasteiger partial charge in [-0.05, 0) is 96.8 Å². The zero-order valence-electron chi connectivity index (χ0n) is 30.4. The normalized spacial score (nSPS) is 11.5. The lowest BCUT2D eigenvalue weighted by Crippen LogP contribution is -1.97. The van der Waals surface area contributed by atoms with Gasteiger partial charge in [-0.25, -0.2) is 0 Å². The molecule has 0 aliphatic rings. The molecule has 0 radical (unpaired) electrons. The van der Waals surface area contributed by atoms with Crippen LogP contribution in [0.2, 0.25) is 0 Å². The Morgan fingerprint density at radius 3 is 0.979 bits per heavy atom. The van der Waals surface area contributed by atoms with E-state index in [1.807, 2.05) is 61.0 Å². The molecule has 0 heterocycles. The maximum absolute atomic E-state index is 5.95. The minimum Gasteiger partial charge on any atom is -0.494 e. The Bertz CT molecular complexity index is 1130. The van der Waals surface area contributed by atoms with Crippen molar-refractivity contribution in [2.45, 2.75) is 142 Å². The molecule has 0 saturated carbocycles. The molecule has 0 aliphatic carbocycles. The van der Waals surface area contributed by atoms with Crippen LogP contribution in [0.4, 0.5) is 11.4 Å². The highest BCUT2D eigenvalue weighted by molar-refractivity contribution is 5.83. The fraction of sp³-hybridized carbons (Fsp3) is 0.545. The Balaban J connectivity index is 1.26. The Morgan fingerprint density at radius 1 is 0.375 bits per heavy atom. The molecule has 0 saturated heterocycles. The molecule has 4 heteroatoms. The fourth-order valence-corrected chi connectivity index (χ4v) is 5.78. The highest BCUT2D eigenvalue weighted by Crippen LogP contribution is 2.20. The lowest BCUT2D eigenvalue weighted by Gasteiger charge is -2.06. The average molecular weight is 653 g/mol. The van der Waals surface area contributed by atoms with Crippen LogP contribution in [0.15, 0.2) is 82.8 Å². The summed E-state index contributed by atoms with van der Waals surface area (Å²) in [6, 6.07) is 24.4. The number of rotatable bonds is 28. The average Bonchev–Trinajstić information content (AvgIpc) is 3.12. The molecule has 3 aromatic carbocycles. The van der Waals surface area contributed by atoms with Crippen LogP contribution in [0.1, 0.15) is 153 Å². The van der Waals surface area contributed by atoms with Gasteiger partial charge in [-0.15, -0.1) is 0 Å². The van der Waals surface area contributed by atoms with E-state index in [0.29, 0.717) is 0 Å². The maximum Gasteiger partial charge on any atom is 0.119 e. The van der Waals surface area contributed by atoms with E-state index in [2.05, 4.69) is 48.1 Å². The zero-order chi connectivity index (χ0) is 33.7.